The van der Waals surface area contributed by atoms with E-state index in [2.05, 4.69) is 25.1 Å². The minimum atomic E-state index is -0.318. The lowest BCUT2D eigenvalue weighted by Gasteiger charge is -2.41. The van der Waals surface area contributed by atoms with Crippen molar-refractivity contribution in [2.75, 3.05) is 26.4 Å². The van der Waals surface area contributed by atoms with Crippen LogP contribution in [0.5, 0.6) is 11.5 Å². The number of hydrogen-bond donors (Lipinski definition) is 0. The van der Waals surface area contributed by atoms with E-state index in [1.165, 1.54) is 89.0 Å². The topological polar surface area (TPSA) is 71.1 Å². The highest BCUT2D eigenvalue weighted by Crippen LogP contribution is 2.46. The predicted octanol–water partition coefficient (Wildman–Crippen LogP) is 10.8. The Morgan fingerprint density at radius 1 is 0.588 bits per heavy atom. The van der Waals surface area contributed by atoms with Crippen LogP contribution in [-0.2, 0) is 25.5 Å². The fraction of sp³-hybridized carbons (Fsp3) is 0.644. The molecule has 0 spiro atoms. The van der Waals surface area contributed by atoms with Crippen molar-refractivity contribution in [1.29, 1.82) is 0 Å². The first-order valence-corrected chi connectivity index (χ1v) is 20.6. The highest BCUT2D eigenvalue weighted by Gasteiger charge is 2.36. The lowest BCUT2D eigenvalue weighted by atomic mass is 9.66. The minimum Gasteiger partial charge on any atom is -0.481 e. The molecule has 3 aromatic carbocycles. The van der Waals surface area contributed by atoms with Gasteiger partial charge in [0.1, 0.15) is 11.5 Å². The third kappa shape index (κ3) is 8.69. The van der Waals surface area contributed by atoms with Crippen molar-refractivity contribution in [3.63, 3.8) is 0 Å². The molecule has 51 heavy (non-hydrogen) atoms. The van der Waals surface area contributed by atoms with Crippen LogP contribution in [0.25, 0.3) is 21.5 Å². The molecule has 0 saturated heterocycles. The molecular formula is C45H60O6. The van der Waals surface area contributed by atoms with E-state index < -0.39 is 0 Å². The maximum Gasteiger partial charge on any atom is 0.344 e. The molecule has 0 aromatic heterocycles. The van der Waals surface area contributed by atoms with Gasteiger partial charge in [0.25, 0.3) is 0 Å². The van der Waals surface area contributed by atoms with Gasteiger partial charge in [-0.25, -0.2) is 9.59 Å². The van der Waals surface area contributed by atoms with Gasteiger partial charge in [-0.05, 0) is 85.7 Å². The Morgan fingerprint density at radius 2 is 1.10 bits per heavy atom. The number of aryl methyl sites for hydroxylation is 1. The maximum absolute atomic E-state index is 13.2. The Morgan fingerprint density at radius 3 is 1.67 bits per heavy atom. The van der Waals surface area contributed by atoms with Gasteiger partial charge in [0.2, 0.25) is 0 Å². The third-order valence-corrected chi connectivity index (χ3v) is 13.1. The smallest absolute Gasteiger partial charge is 0.344 e. The lowest BCUT2D eigenvalue weighted by molar-refractivity contribution is -0.149. The first kappa shape index (κ1) is 36.1. The van der Waals surface area contributed by atoms with Crippen molar-refractivity contribution in [2.45, 2.75) is 122 Å². The molecule has 0 heterocycles. The number of unbranched alkanes of at least 4 members (excludes halogenated alkanes) is 2. The molecule has 6 nitrogen and oxygen atoms in total. The van der Waals surface area contributed by atoms with Gasteiger partial charge in [0.05, 0.1) is 13.2 Å². The lowest BCUT2D eigenvalue weighted by Crippen LogP contribution is -2.34. The second kappa shape index (κ2) is 17.5. The molecule has 4 saturated carbocycles. The Bertz CT molecular complexity index is 1630. The van der Waals surface area contributed by atoms with Gasteiger partial charge in [0.15, 0.2) is 13.2 Å². The number of benzene rings is 3. The van der Waals surface area contributed by atoms with Gasteiger partial charge in [0, 0.05) is 21.5 Å². The summed E-state index contributed by atoms with van der Waals surface area (Å²) in [5.74, 6) is 4.62. The van der Waals surface area contributed by atoms with Gasteiger partial charge < -0.3 is 18.9 Å². The summed E-state index contributed by atoms with van der Waals surface area (Å²) in [5, 5.41) is 3.46. The first-order chi connectivity index (χ1) is 25.1. The molecule has 4 fully saturated rings. The number of fused-ring (bicyclic) bond motifs is 4. The zero-order chi connectivity index (χ0) is 35.0. The van der Waals surface area contributed by atoms with Gasteiger partial charge >= 0.3 is 11.9 Å². The van der Waals surface area contributed by atoms with Crippen LogP contribution in [0, 0.1) is 35.5 Å². The van der Waals surface area contributed by atoms with Crippen LogP contribution in [0.15, 0.2) is 42.5 Å². The normalized spacial score (nSPS) is 26.2. The average Bonchev–Trinajstić information content (AvgIpc) is 3.17. The summed E-state index contributed by atoms with van der Waals surface area (Å²) < 4.78 is 24.6. The molecular weight excluding hydrogens is 636 g/mol. The van der Waals surface area contributed by atoms with E-state index in [9.17, 15) is 9.59 Å². The van der Waals surface area contributed by atoms with Crippen LogP contribution in [0.3, 0.4) is 0 Å². The molecule has 0 N–H and O–H groups in total. The van der Waals surface area contributed by atoms with Crippen LogP contribution >= 0.6 is 0 Å². The Balaban J connectivity index is 1.06. The van der Waals surface area contributed by atoms with Crippen molar-refractivity contribution in [3.05, 3.63) is 48.0 Å². The number of carbonyl (C=O) groups is 2. The van der Waals surface area contributed by atoms with E-state index >= 15 is 0 Å². The zero-order valence-electron chi connectivity index (χ0n) is 31.0. The number of carbonyl (C=O) groups excluding carboxylic acids is 2. The molecule has 6 atom stereocenters. The molecule has 4 aliphatic carbocycles. The van der Waals surface area contributed by atoms with Crippen molar-refractivity contribution in [3.8, 4) is 11.5 Å². The summed E-state index contributed by atoms with van der Waals surface area (Å²) in [6.07, 6.45) is 22.4. The van der Waals surface area contributed by atoms with Gasteiger partial charge in [-0.15, -0.1) is 0 Å². The average molecular weight is 697 g/mol. The number of rotatable bonds is 14. The number of hydrogen-bond acceptors (Lipinski definition) is 6. The minimum absolute atomic E-state index is 0.143. The molecule has 4 aliphatic rings. The van der Waals surface area contributed by atoms with Crippen molar-refractivity contribution < 1.29 is 28.5 Å². The van der Waals surface area contributed by atoms with Crippen LogP contribution in [0.4, 0.5) is 0 Å². The van der Waals surface area contributed by atoms with Gasteiger partial charge in [-0.1, -0.05) is 120 Å². The quantitative estimate of drug-likeness (QED) is 0.0949. The van der Waals surface area contributed by atoms with Crippen LogP contribution in [0.2, 0.25) is 0 Å². The fourth-order valence-electron chi connectivity index (χ4n) is 10.5. The summed E-state index contributed by atoms with van der Waals surface area (Å²) >= 11 is 0. The highest BCUT2D eigenvalue weighted by molar-refractivity contribution is 6.11. The van der Waals surface area contributed by atoms with Gasteiger partial charge in [-0.2, -0.15) is 0 Å². The summed E-state index contributed by atoms with van der Waals surface area (Å²) in [7, 11) is 0. The van der Waals surface area contributed by atoms with Gasteiger partial charge in [-0.3, -0.25) is 0 Å². The summed E-state index contributed by atoms with van der Waals surface area (Å²) in [5.41, 5.74) is 1.22. The predicted molar refractivity (Wildman–Crippen MR) is 203 cm³/mol. The third-order valence-electron chi connectivity index (χ3n) is 13.1. The van der Waals surface area contributed by atoms with Crippen molar-refractivity contribution in [2.24, 2.45) is 35.5 Å². The second-order valence-corrected chi connectivity index (χ2v) is 16.3. The standard InChI is InChI=1S/C45H60O6/c1-2-3-4-13-31-24-25-40-41(26-31)45(51-30-43(47)49-28-35-19-12-17-33-15-6-8-21-37(33)35)39-23-10-9-22-38(39)44(40)50-29-42(46)48-27-34-18-11-16-32-14-5-7-20-36(32)34/h9-10,22-26,32-37H,2-8,11-21,27-30H2,1H3. The largest absolute Gasteiger partial charge is 0.481 e. The van der Waals surface area contributed by atoms with Crippen LogP contribution in [0.1, 0.15) is 122 Å². The van der Waals surface area contributed by atoms with E-state index in [0.29, 0.717) is 48.4 Å². The molecule has 7 rings (SSSR count). The summed E-state index contributed by atoms with van der Waals surface area (Å²) in [6, 6.07) is 14.4. The van der Waals surface area contributed by atoms with E-state index in [1.54, 1.807) is 0 Å². The van der Waals surface area contributed by atoms with Crippen molar-refractivity contribution >= 4 is 33.5 Å². The SMILES string of the molecule is CCCCCc1ccc2c(OCC(=O)OCC3CCCC4CCCCC43)c3ccccc3c(OCC(=O)OCC3CCCC4CCCCC43)c2c1. The summed E-state index contributed by atoms with van der Waals surface area (Å²) in [4.78, 5) is 26.4. The monoisotopic (exact) mass is 696 g/mol. The van der Waals surface area contributed by atoms with E-state index in [0.717, 1.165) is 65.5 Å². The van der Waals surface area contributed by atoms with E-state index in [4.69, 9.17) is 18.9 Å². The molecule has 0 aliphatic heterocycles. The zero-order valence-corrected chi connectivity index (χ0v) is 31.0. The van der Waals surface area contributed by atoms with Crippen LogP contribution < -0.4 is 9.47 Å². The molecule has 0 amide bonds. The molecule has 3 aromatic rings. The van der Waals surface area contributed by atoms with E-state index in [-0.39, 0.29) is 25.2 Å². The Labute approximate surface area is 305 Å². The summed E-state index contributed by atoms with van der Waals surface area (Å²) in [6.45, 7) is 2.92. The molecule has 0 bridgehead atoms. The van der Waals surface area contributed by atoms with Crippen LogP contribution in [-0.4, -0.2) is 38.4 Å². The maximum atomic E-state index is 13.2. The fourth-order valence-corrected chi connectivity index (χ4v) is 10.5. The van der Waals surface area contributed by atoms with E-state index in [1.807, 2.05) is 24.3 Å². The molecule has 6 unspecified atom stereocenters. The Kier molecular flexibility index (Phi) is 12.4. The van der Waals surface area contributed by atoms with Crippen molar-refractivity contribution in [1.82, 2.24) is 0 Å². The number of esters is 2. The second-order valence-electron chi connectivity index (χ2n) is 16.3. The highest BCUT2D eigenvalue weighted by atomic mass is 16.6. The molecule has 6 heteroatoms. The first-order valence-electron chi connectivity index (χ1n) is 20.6. The number of ether oxygens (including phenoxy) is 4. The molecule has 0 radical (unpaired) electrons. The molecule has 276 valence electrons. The Hall–Kier alpha value is -3.28.